The molecule has 1 N–H and O–H groups in total. The summed E-state index contributed by atoms with van der Waals surface area (Å²) in [5.41, 5.74) is -2.23. The van der Waals surface area contributed by atoms with Crippen LogP contribution in [0.1, 0.15) is 10.4 Å². The molecular weight excluding hydrogens is 450 g/mol. The van der Waals surface area contributed by atoms with E-state index in [4.69, 9.17) is 0 Å². The molecule has 0 aliphatic carbocycles. The number of alkyl halides is 6. The SMILES string of the molecule is O=C(/C=C/c1ccc(OC(F)(F)F)c(NC(F)(F)F)c1)n1c(=O)oc(=O)c2ccccc21. The van der Waals surface area contributed by atoms with Crippen LogP contribution in [0, 0.1) is 0 Å². The summed E-state index contributed by atoms with van der Waals surface area (Å²) >= 11 is 0. The molecule has 1 aromatic heterocycles. The van der Waals surface area contributed by atoms with Crippen molar-refractivity contribution in [1.82, 2.24) is 4.57 Å². The summed E-state index contributed by atoms with van der Waals surface area (Å²) in [6.45, 7) is 0. The Morgan fingerprint density at radius 3 is 2.38 bits per heavy atom. The molecule has 0 unspecified atom stereocenters. The van der Waals surface area contributed by atoms with E-state index >= 15 is 0 Å². The van der Waals surface area contributed by atoms with Crippen molar-refractivity contribution < 1.29 is 40.3 Å². The van der Waals surface area contributed by atoms with Gasteiger partial charge in [0.05, 0.1) is 16.6 Å². The zero-order valence-electron chi connectivity index (χ0n) is 15.5. The quantitative estimate of drug-likeness (QED) is 0.358. The molecule has 168 valence electrons. The van der Waals surface area contributed by atoms with Gasteiger partial charge in [-0.15, -0.1) is 13.2 Å². The van der Waals surface area contributed by atoms with Crippen molar-refractivity contribution in [2.75, 3.05) is 5.32 Å². The number of carbonyl (C=O) groups is 1. The number of rotatable bonds is 4. The van der Waals surface area contributed by atoms with E-state index < -0.39 is 41.4 Å². The van der Waals surface area contributed by atoms with Gasteiger partial charge < -0.3 is 9.15 Å². The van der Waals surface area contributed by atoms with Crippen molar-refractivity contribution in [3.05, 3.63) is 75.1 Å². The van der Waals surface area contributed by atoms with Gasteiger partial charge in [0, 0.05) is 6.08 Å². The van der Waals surface area contributed by atoms with E-state index in [-0.39, 0.29) is 16.5 Å². The summed E-state index contributed by atoms with van der Waals surface area (Å²) in [6, 6.07) is 7.76. The highest BCUT2D eigenvalue weighted by Crippen LogP contribution is 2.34. The first-order valence-corrected chi connectivity index (χ1v) is 8.46. The summed E-state index contributed by atoms with van der Waals surface area (Å²) in [5.74, 6) is -3.46. The summed E-state index contributed by atoms with van der Waals surface area (Å²) in [7, 11) is 0. The Morgan fingerprint density at radius 1 is 1.03 bits per heavy atom. The minimum absolute atomic E-state index is 0.0702. The Labute approximate surface area is 173 Å². The van der Waals surface area contributed by atoms with E-state index in [0.717, 1.165) is 23.5 Å². The Bertz CT molecular complexity index is 1320. The van der Waals surface area contributed by atoms with Gasteiger partial charge in [0.25, 0.3) is 5.91 Å². The van der Waals surface area contributed by atoms with Crippen molar-refractivity contribution in [2.45, 2.75) is 12.7 Å². The second-order valence-electron chi connectivity index (χ2n) is 6.11. The van der Waals surface area contributed by atoms with Gasteiger partial charge in [-0.1, -0.05) is 18.2 Å². The third-order valence-corrected chi connectivity index (χ3v) is 3.87. The van der Waals surface area contributed by atoms with Crippen molar-refractivity contribution in [2.24, 2.45) is 0 Å². The molecule has 0 fully saturated rings. The average Bonchev–Trinajstić information content (AvgIpc) is 2.66. The maximum atomic E-state index is 12.7. The Balaban J connectivity index is 1.98. The van der Waals surface area contributed by atoms with Crippen LogP contribution in [0.5, 0.6) is 5.75 Å². The fourth-order valence-corrected chi connectivity index (χ4v) is 2.69. The zero-order valence-corrected chi connectivity index (χ0v) is 15.5. The maximum absolute atomic E-state index is 12.7. The molecule has 32 heavy (non-hydrogen) atoms. The number of allylic oxidation sites excluding steroid dienone is 1. The number of aromatic nitrogens is 1. The molecule has 3 rings (SSSR count). The van der Waals surface area contributed by atoms with Crippen LogP contribution < -0.4 is 21.4 Å². The van der Waals surface area contributed by atoms with Crippen LogP contribution in [0.15, 0.2) is 62.5 Å². The topological polar surface area (TPSA) is 90.5 Å². The summed E-state index contributed by atoms with van der Waals surface area (Å²) < 4.78 is 83.8. The second kappa shape index (κ2) is 8.24. The van der Waals surface area contributed by atoms with Crippen LogP contribution in [0.3, 0.4) is 0 Å². The predicted molar refractivity (Wildman–Crippen MR) is 99.2 cm³/mol. The molecule has 7 nitrogen and oxygen atoms in total. The van der Waals surface area contributed by atoms with Crippen LogP contribution in [0.25, 0.3) is 17.0 Å². The second-order valence-corrected chi connectivity index (χ2v) is 6.11. The maximum Gasteiger partial charge on any atom is 0.573 e. The Morgan fingerprint density at radius 2 is 1.72 bits per heavy atom. The van der Waals surface area contributed by atoms with Gasteiger partial charge in [0.2, 0.25) is 0 Å². The number of hydrogen-bond acceptors (Lipinski definition) is 6. The highest BCUT2D eigenvalue weighted by Gasteiger charge is 2.34. The first kappa shape index (κ1) is 22.7. The molecule has 0 atom stereocenters. The lowest BCUT2D eigenvalue weighted by atomic mass is 10.1. The van der Waals surface area contributed by atoms with Gasteiger partial charge in [0.15, 0.2) is 5.75 Å². The molecule has 0 saturated heterocycles. The van der Waals surface area contributed by atoms with E-state index in [1.54, 1.807) is 0 Å². The summed E-state index contributed by atoms with van der Waals surface area (Å²) in [4.78, 5) is 36.2. The van der Waals surface area contributed by atoms with Gasteiger partial charge in [-0.3, -0.25) is 10.1 Å². The number of ether oxygens (including phenoxy) is 1. The lowest BCUT2D eigenvalue weighted by molar-refractivity contribution is -0.274. The third kappa shape index (κ3) is 5.36. The van der Waals surface area contributed by atoms with Crippen LogP contribution >= 0.6 is 0 Å². The molecular formula is C19H10F6N2O5. The molecule has 0 bridgehead atoms. The third-order valence-electron chi connectivity index (χ3n) is 3.87. The fourth-order valence-electron chi connectivity index (χ4n) is 2.69. The van der Waals surface area contributed by atoms with Gasteiger partial charge in [-0.05, 0) is 35.9 Å². The largest absolute Gasteiger partial charge is 0.573 e. The Kier molecular flexibility index (Phi) is 5.84. The predicted octanol–water partition coefficient (Wildman–Crippen LogP) is 4.14. The van der Waals surface area contributed by atoms with Gasteiger partial charge >= 0.3 is 24.0 Å². The molecule has 13 heteroatoms. The summed E-state index contributed by atoms with van der Waals surface area (Å²) in [5, 5.41) is 0.853. The minimum Gasteiger partial charge on any atom is -0.404 e. The van der Waals surface area contributed by atoms with Gasteiger partial charge in [-0.25, -0.2) is 14.2 Å². The van der Waals surface area contributed by atoms with E-state index in [1.807, 2.05) is 0 Å². The summed E-state index contributed by atoms with van der Waals surface area (Å²) in [6.07, 6.45) is -8.59. The number of benzene rings is 2. The Hall–Kier alpha value is -4.03. The standard InChI is InChI=1S/C19H10F6N2O5/c20-18(21,22)26-12-9-10(5-7-14(12)32-19(23,24)25)6-8-15(28)27-13-4-2-1-3-11(13)16(29)31-17(27)30/h1-9,26H/b8-6+. The smallest absolute Gasteiger partial charge is 0.404 e. The molecule has 0 aliphatic rings. The number of anilines is 1. The van der Waals surface area contributed by atoms with Crippen LogP contribution in [-0.2, 0) is 0 Å². The number of hydrogen-bond donors (Lipinski definition) is 1. The molecule has 0 saturated carbocycles. The highest BCUT2D eigenvalue weighted by atomic mass is 19.4. The number of nitrogens with one attached hydrogen (secondary N) is 1. The van der Waals surface area contributed by atoms with E-state index in [1.165, 1.54) is 24.3 Å². The molecule has 0 radical (unpaired) electrons. The molecule has 1 heterocycles. The normalized spacial score (nSPS) is 12.3. The highest BCUT2D eigenvalue weighted by molar-refractivity contribution is 5.99. The van der Waals surface area contributed by atoms with Crippen molar-refractivity contribution in [1.29, 1.82) is 0 Å². The molecule has 0 aliphatic heterocycles. The molecule has 0 amide bonds. The van der Waals surface area contributed by atoms with Crippen molar-refractivity contribution in [3.8, 4) is 5.75 Å². The van der Waals surface area contributed by atoms with E-state index in [9.17, 15) is 40.7 Å². The first-order chi connectivity index (χ1) is 14.8. The average molecular weight is 460 g/mol. The van der Waals surface area contributed by atoms with Gasteiger partial charge in [-0.2, -0.15) is 13.2 Å². The lowest BCUT2D eigenvalue weighted by Gasteiger charge is -2.16. The monoisotopic (exact) mass is 460 g/mol. The lowest BCUT2D eigenvalue weighted by Crippen LogP contribution is -2.29. The number of carbonyl (C=O) groups excluding carboxylic acids is 1. The fraction of sp³-hybridized carbons (Fsp3) is 0.105. The van der Waals surface area contributed by atoms with Crippen LogP contribution in [0.4, 0.5) is 32.0 Å². The minimum atomic E-state index is -5.24. The first-order valence-electron chi connectivity index (χ1n) is 8.46. The van der Waals surface area contributed by atoms with E-state index in [0.29, 0.717) is 16.7 Å². The molecule has 2 aromatic carbocycles. The number of para-hydroxylation sites is 1. The number of nitrogens with zero attached hydrogens (tertiary/aromatic N) is 1. The van der Waals surface area contributed by atoms with Crippen LogP contribution in [-0.4, -0.2) is 23.1 Å². The van der Waals surface area contributed by atoms with Crippen molar-refractivity contribution >= 4 is 28.6 Å². The number of halogens is 6. The molecule has 3 aromatic rings. The molecule has 0 spiro atoms. The van der Waals surface area contributed by atoms with Gasteiger partial charge in [0.1, 0.15) is 0 Å². The number of fused-ring (bicyclic) bond motifs is 1. The van der Waals surface area contributed by atoms with E-state index in [2.05, 4.69) is 9.15 Å². The zero-order chi connectivity index (χ0) is 23.7. The van der Waals surface area contributed by atoms with Crippen molar-refractivity contribution in [3.63, 3.8) is 0 Å². The van der Waals surface area contributed by atoms with Crippen LogP contribution in [0.2, 0.25) is 0 Å².